The molecule has 1 amide bonds. The lowest BCUT2D eigenvalue weighted by molar-refractivity contribution is -0.384. The average molecular weight is 1130 g/mol. The molecule has 0 radical (unpaired) electrons. The number of hydrogen-bond acceptors (Lipinski definition) is 16. The number of nitrogens with one attached hydrogen (secondary N) is 3. The Balaban J connectivity index is 0.811. The van der Waals surface area contributed by atoms with Gasteiger partial charge in [-0.25, -0.2) is 22.5 Å². The Kier molecular flexibility index (Phi) is 15.5. The molecular formula is C60H70FN9O10S. The molecule has 6 heterocycles. The van der Waals surface area contributed by atoms with Crippen molar-refractivity contribution in [3.8, 4) is 23.1 Å². The summed E-state index contributed by atoms with van der Waals surface area (Å²) in [6.45, 7) is 13.6. The van der Waals surface area contributed by atoms with Crippen molar-refractivity contribution in [3.63, 3.8) is 0 Å². The first-order chi connectivity index (χ1) is 38.9. The summed E-state index contributed by atoms with van der Waals surface area (Å²) in [6.07, 6.45) is 10.5. The minimum Gasteiger partial charge on any atom is -0.493 e. The molecule has 4 N–H and O–H groups in total. The maximum Gasteiger partial charge on any atom is 0.312 e. The van der Waals surface area contributed by atoms with Crippen molar-refractivity contribution in [2.75, 3.05) is 63.2 Å². The van der Waals surface area contributed by atoms with Gasteiger partial charge in [-0.2, -0.15) is 4.98 Å². The highest BCUT2D eigenvalue weighted by Crippen LogP contribution is 2.54. The van der Waals surface area contributed by atoms with Crippen molar-refractivity contribution >= 4 is 55.1 Å². The van der Waals surface area contributed by atoms with Crippen molar-refractivity contribution in [2.24, 2.45) is 11.3 Å². The van der Waals surface area contributed by atoms with Gasteiger partial charge in [-0.3, -0.25) is 24.7 Å². The lowest BCUT2D eigenvalue weighted by Crippen LogP contribution is -2.60. The molecule has 4 fully saturated rings. The van der Waals surface area contributed by atoms with Gasteiger partial charge in [0.05, 0.1) is 47.7 Å². The number of benzene rings is 3. The molecule has 2 aliphatic heterocycles. The number of nitro groups is 1. The molecule has 4 aliphatic rings. The maximum absolute atomic E-state index is 15.0. The van der Waals surface area contributed by atoms with E-state index in [0.29, 0.717) is 44.2 Å². The highest BCUT2D eigenvalue weighted by Gasteiger charge is 2.50. The number of pyridine rings is 2. The third-order valence-corrected chi connectivity index (χ3v) is 18.6. The number of methoxy groups -OCH3 is 1. The summed E-state index contributed by atoms with van der Waals surface area (Å²) >= 11 is 0. The second-order valence-corrected chi connectivity index (χ2v) is 24.7. The molecule has 0 bridgehead atoms. The fourth-order valence-electron chi connectivity index (χ4n) is 12.7. The number of sulfonamides is 1. The van der Waals surface area contributed by atoms with Gasteiger partial charge in [-0.05, 0) is 123 Å². The number of H-pyrrole nitrogens is 1. The standard InChI is InChI=1S/C60H70FN9O10S/c1-6-78-58-53(29-47-48(61)34-64-55(47)65-58)80-52-27-40(12-13-46(52)57(71)66-81(75,76)42-28-49(70(73)74)56(63-33-42)62-32-38-15-18-59(4,72)19-16-38)68-22-20-60(21-23-68)30-41(31-60)69-25-24-67(36-50(69)45-10-8-7-9-43(45)37(2)3)35-39-11-14-51(77-5)54-44(39)17-26-79-54/h7-14,17,26-29,33-34,37-38,41,50,72H,6,15-16,18-25,30-32,35-36H2,1-5H3,(H,62,63)(H,64,65)(H,66,71)/t38?,50-,59?/m0/s1. The van der Waals surface area contributed by atoms with Gasteiger partial charge in [0.15, 0.2) is 17.1 Å². The number of fused-ring (bicyclic) bond motifs is 2. The van der Waals surface area contributed by atoms with Crippen molar-refractivity contribution in [3.05, 3.63) is 130 Å². The molecule has 4 aromatic heterocycles. The summed E-state index contributed by atoms with van der Waals surface area (Å²) in [7, 11) is -3.09. The number of ether oxygens (including phenoxy) is 3. The Morgan fingerprint density at radius 3 is 2.51 bits per heavy atom. The van der Waals surface area contributed by atoms with E-state index >= 15 is 4.39 Å². The van der Waals surface area contributed by atoms with E-state index in [0.717, 1.165) is 106 Å². The zero-order valence-electron chi connectivity index (χ0n) is 46.4. The number of hydrogen-bond donors (Lipinski definition) is 4. The minimum atomic E-state index is -4.76. The zero-order valence-corrected chi connectivity index (χ0v) is 47.2. The molecule has 2 aliphatic carbocycles. The van der Waals surface area contributed by atoms with Gasteiger partial charge in [-0.15, -0.1) is 0 Å². The Morgan fingerprint density at radius 2 is 1.77 bits per heavy atom. The molecule has 428 valence electrons. The van der Waals surface area contributed by atoms with Crippen molar-refractivity contribution in [2.45, 2.75) is 114 Å². The Bertz CT molecular complexity index is 3580. The summed E-state index contributed by atoms with van der Waals surface area (Å²) in [5, 5.41) is 26.8. The van der Waals surface area contributed by atoms with Gasteiger partial charge in [0.25, 0.3) is 21.8 Å². The molecule has 19 nitrogen and oxygen atoms in total. The molecule has 21 heteroatoms. The minimum absolute atomic E-state index is 0.0114. The van der Waals surface area contributed by atoms with Gasteiger partial charge in [0.1, 0.15) is 22.1 Å². The van der Waals surface area contributed by atoms with E-state index in [9.17, 15) is 28.4 Å². The first-order valence-electron chi connectivity index (χ1n) is 28.1. The lowest BCUT2D eigenvalue weighted by Gasteiger charge is -2.58. The Labute approximate surface area is 470 Å². The van der Waals surface area contributed by atoms with Crippen LogP contribution in [0.2, 0.25) is 0 Å². The highest BCUT2D eigenvalue weighted by atomic mass is 32.2. The van der Waals surface area contributed by atoms with Gasteiger partial charge >= 0.3 is 5.69 Å². The molecule has 7 aromatic rings. The molecular weight excluding hydrogens is 1060 g/mol. The number of piperazine rings is 1. The fraction of sp³-hybridized carbons (Fsp3) is 0.450. The number of aromatic amines is 1. The topological polar surface area (TPSA) is 231 Å². The monoisotopic (exact) mass is 1130 g/mol. The maximum atomic E-state index is 15.0. The number of piperidine rings is 1. The summed E-state index contributed by atoms with van der Waals surface area (Å²) in [4.78, 5) is 44.2. The van der Waals surface area contributed by atoms with Crippen LogP contribution in [0.25, 0.3) is 22.0 Å². The SMILES string of the molecule is CCOc1nc2[nH]cc(F)c2cc1Oc1cc(N2CCC3(CC2)CC(N2CCN(Cc4ccc(OC)c5occc45)C[C@H]2c2ccccc2C(C)C)C3)ccc1C(=O)NS(=O)(=O)c1cnc(NCC2CCC(C)(O)CC2)c([N+](=O)[O-])c1. The quantitative estimate of drug-likeness (QED) is 0.0462. The average Bonchev–Trinajstić information content (AvgIpc) is 4.15. The van der Waals surface area contributed by atoms with E-state index in [1.807, 2.05) is 12.1 Å². The zero-order chi connectivity index (χ0) is 56.8. The van der Waals surface area contributed by atoms with Gasteiger partial charge in [-0.1, -0.05) is 44.2 Å². The van der Waals surface area contributed by atoms with Crippen LogP contribution in [0.4, 0.5) is 21.6 Å². The predicted molar refractivity (Wildman–Crippen MR) is 305 cm³/mol. The molecule has 1 atom stereocenters. The molecule has 1 spiro atoms. The summed E-state index contributed by atoms with van der Waals surface area (Å²) < 4.78 is 68.7. The third kappa shape index (κ3) is 11.5. The fourth-order valence-corrected chi connectivity index (χ4v) is 13.7. The van der Waals surface area contributed by atoms with E-state index in [2.05, 4.69) is 83.9 Å². The number of aromatic nitrogens is 3. The van der Waals surface area contributed by atoms with E-state index in [4.69, 9.17) is 18.6 Å². The number of furan rings is 1. The first kappa shape index (κ1) is 55.6. The largest absolute Gasteiger partial charge is 0.493 e. The second-order valence-electron chi connectivity index (χ2n) is 23.0. The molecule has 0 unspecified atom stereocenters. The van der Waals surface area contributed by atoms with Crippen LogP contribution in [0.1, 0.15) is 118 Å². The lowest BCUT2D eigenvalue weighted by atomic mass is 9.59. The number of carbonyl (C=O) groups excluding carboxylic acids is 1. The van der Waals surface area contributed by atoms with Crippen LogP contribution in [-0.4, -0.2) is 114 Å². The van der Waals surface area contributed by atoms with Crippen LogP contribution in [0.5, 0.6) is 23.1 Å². The number of halogens is 1. The van der Waals surface area contributed by atoms with Crippen molar-refractivity contribution < 1.29 is 46.3 Å². The summed E-state index contributed by atoms with van der Waals surface area (Å²) in [5.41, 5.74) is 4.31. The van der Waals surface area contributed by atoms with Gasteiger partial charge in [0, 0.05) is 93.4 Å². The smallest absolute Gasteiger partial charge is 0.312 e. The number of amides is 1. The van der Waals surface area contributed by atoms with E-state index in [1.165, 1.54) is 28.8 Å². The Morgan fingerprint density at radius 1 is 0.988 bits per heavy atom. The Hall–Kier alpha value is -7.33. The van der Waals surface area contributed by atoms with Crippen LogP contribution >= 0.6 is 0 Å². The van der Waals surface area contributed by atoms with E-state index < -0.39 is 42.9 Å². The number of anilines is 2. The van der Waals surface area contributed by atoms with Gasteiger partial charge in [0.2, 0.25) is 5.82 Å². The van der Waals surface area contributed by atoms with E-state index in [1.54, 1.807) is 39.4 Å². The van der Waals surface area contributed by atoms with Crippen LogP contribution in [0.3, 0.4) is 0 Å². The number of nitrogens with zero attached hydrogens (tertiary/aromatic N) is 6. The van der Waals surface area contributed by atoms with Crippen molar-refractivity contribution in [1.82, 2.24) is 29.5 Å². The number of carbonyl (C=O) groups is 1. The number of aliphatic hydroxyl groups is 1. The normalized spacial score (nSPS) is 20.9. The molecule has 11 rings (SSSR count). The molecule has 3 aromatic carbocycles. The van der Waals surface area contributed by atoms with Crippen LogP contribution in [-0.2, 0) is 16.6 Å². The summed E-state index contributed by atoms with van der Waals surface area (Å²) in [5.74, 6) is -0.614. The molecule has 81 heavy (non-hydrogen) atoms. The summed E-state index contributed by atoms with van der Waals surface area (Å²) in [6, 6.07) is 22.9. The predicted octanol–water partition coefficient (Wildman–Crippen LogP) is 10.9. The van der Waals surface area contributed by atoms with Crippen molar-refractivity contribution in [1.29, 1.82) is 0 Å². The van der Waals surface area contributed by atoms with Crippen LogP contribution < -0.4 is 29.1 Å². The second kappa shape index (κ2) is 22.5. The first-order valence-corrected chi connectivity index (χ1v) is 29.5. The third-order valence-electron chi connectivity index (χ3n) is 17.3. The van der Waals surface area contributed by atoms with Crippen LogP contribution in [0, 0.1) is 27.3 Å². The van der Waals surface area contributed by atoms with Crippen LogP contribution in [0.15, 0.2) is 101 Å². The molecule has 2 saturated heterocycles. The molecule has 2 saturated carbocycles. The van der Waals surface area contributed by atoms with E-state index in [-0.39, 0.29) is 63.8 Å². The highest BCUT2D eigenvalue weighted by molar-refractivity contribution is 7.90. The van der Waals surface area contributed by atoms with Gasteiger partial charge < -0.3 is 38.9 Å². The number of rotatable bonds is 18.